The van der Waals surface area contributed by atoms with Crippen LogP contribution in [-0.2, 0) is 29.4 Å². The van der Waals surface area contributed by atoms with Gasteiger partial charge < -0.3 is 19.1 Å². The minimum Gasteiger partial charge on any atom is -0.490 e. The van der Waals surface area contributed by atoms with Gasteiger partial charge in [-0.05, 0) is 86.7 Å². The van der Waals surface area contributed by atoms with Crippen molar-refractivity contribution >= 4 is 16.7 Å². The molecule has 0 bridgehead atoms. The van der Waals surface area contributed by atoms with E-state index in [-0.39, 0.29) is 17.0 Å². The molecule has 0 fully saturated rings. The van der Waals surface area contributed by atoms with Crippen molar-refractivity contribution in [2.75, 3.05) is 6.61 Å². The van der Waals surface area contributed by atoms with Crippen molar-refractivity contribution in [1.82, 2.24) is 4.57 Å². The fourth-order valence-corrected chi connectivity index (χ4v) is 5.61. The van der Waals surface area contributed by atoms with E-state index >= 15 is 4.39 Å². The fourth-order valence-electron chi connectivity index (χ4n) is 5.61. The Kier molecular flexibility index (Phi) is 7.27. The number of fused-ring (bicyclic) bond motifs is 2. The van der Waals surface area contributed by atoms with Crippen molar-refractivity contribution in [3.8, 4) is 16.9 Å². The van der Waals surface area contributed by atoms with E-state index in [0.717, 1.165) is 28.7 Å². The molecule has 1 atom stereocenters. The maximum absolute atomic E-state index is 15.5. The van der Waals surface area contributed by atoms with Gasteiger partial charge >= 0.3 is 5.97 Å². The maximum atomic E-state index is 15.5. The van der Waals surface area contributed by atoms with Crippen LogP contribution in [0.3, 0.4) is 0 Å². The molecule has 208 valence electrons. The van der Waals surface area contributed by atoms with Gasteiger partial charge in [-0.1, -0.05) is 42.5 Å². The number of carboxylic acid groups (broad SMARTS) is 1. The van der Waals surface area contributed by atoms with Crippen LogP contribution in [0.2, 0.25) is 0 Å². The first-order valence-corrected chi connectivity index (χ1v) is 13.5. The van der Waals surface area contributed by atoms with E-state index in [2.05, 4.69) is 0 Å². The smallest absolute Gasteiger partial charge is 0.339 e. The summed E-state index contributed by atoms with van der Waals surface area (Å²) in [6, 6.07) is 17.0. The molecule has 4 aromatic rings. The molecular weight excluding hydrogens is 509 g/mol. The van der Waals surface area contributed by atoms with Crippen LogP contribution in [0.5, 0.6) is 5.75 Å². The first-order valence-electron chi connectivity index (χ1n) is 13.5. The van der Waals surface area contributed by atoms with E-state index in [1.54, 1.807) is 27.8 Å². The molecule has 5 rings (SSSR count). The number of ether oxygens (including phenoxy) is 2. The van der Waals surface area contributed by atoms with Crippen molar-refractivity contribution in [3.63, 3.8) is 0 Å². The number of aliphatic carboxylic acids is 1. The Morgan fingerprint density at radius 2 is 1.82 bits per heavy atom. The molecule has 0 amide bonds. The summed E-state index contributed by atoms with van der Waals surface area (Å²) in [5.74, 6) is -1.49. The molecule has 1 aliphatic heterocycles. The van der Waals surface area contributed by atoms with Gasteiger partial charge in [0.15, 0.2) is 17.7 Å². The summed E-state index contributed by atoms with van der Waals surface area (Å²) in [7, 11) is 1.56. The van der Waals surface area contributed by atoms with E-state index in [4.69, 9.17) is 9.47 Å². The van der Waals surface area contributed by atoms with Gasteiger partial charge in [0.25, 0.3) is 5.56 Å². The van der Waals surface area contributed by atoms with Gasteiger partial charge in [0.1, 0.15) is 0 Å². The third-order valence-electron chi connectivity index (χ3n) is 7.41. The molecule has 6 nitrogen and oxygen atoms in total. The Balaban J connectivity index is 1.84. The van der Waals surface area contributed by atoms with E-state index in [9.17, 15) is 14.7 Å². The summed E-state index contributed by atoms with van der Waals surface area (Å²) >= 11 is 0. The second-order valence-electron chi connectivity index (χ2n) is 11.4. The van der Waals surface area contributed by atoms with Crippen molar-refractivity contribution in [2.24, 2.45) is 7.05 Å². The minimum atomic E-state index is -1.46. The molecule has 7 heteroatoms. The van der Waals surface area contributed by atoms with Crippen LogP contribution in [0.15, 0.2) is 59.4 Å². The number of carbonyl (C=O) groups is 1. The molecule has 0 saturated heterocycles. The van der Waals surface area contributed by atoms with Gasteiger partial charge in [0, 0.05) is 23.6 Å². The monoisotopic (exact) mass is 543 g/mol. The van der Waals surface area contributed by atoms with Crippen LogP contribution in [0.25, 0.3) is 21.9 Å². The van der Waals surface area contributed by atoms with Gasteiger partial charge in [0.05, 0.1) is 17.9 Å². The highest BCUT2D eigenvalue weighted by molar-refractivity contribution is 6.00. The Morgan fingerprint density at radius 3 is 2.50 bits per heavy atom. The van der Waals surface area contributed by atoms with Crippen LogP contribution in [0.1, 0.15) is 61.2 Å². The third-order valence-corrected chi connectivity index (χ3v) is 7.41. The second kappa shape index (κ2) is 10.5. The zero-order valence-electron chi connectivity index (χ0n) is 23.5. The highest BCUT2D eigenvalue weighted by Crippen LogP contribution is 2.43. The second-order valence-corrected chi connectivity index (χ2v) is 11.4. The molecule has 0 saturated carbocycles. The number of benzene rings is 3. The lowest BCUT2D eigenvalue weighted by atomic mass is 9.87. The third kappa shape index (κ3) is 5.13. The van der Waals surface area contributed by atoms with Crippen LogP contribution < -0.4 is 10.3 Å². The highest BCUT2D eigenvalue weighted by Gasteiger charge is 2.34. The van der Waals surface area contributed by atoms with Crippen LogP contribution in [-0.4, -0.2) is 27.9 Å². The molecule has 0 aliphatic carbocycles. The standard InChI is InChI=1S/C33H34FNO5/c1-19-22-12-9-15-39-29(22)26(34)18-24(19)27-23-14-13-21(16-20-10-7-6-8-11-20)17-25(23)31(36)35(5)28(27)30(32(37)38)40-33(2,3)4/h6-8,10-11,13-14,17-18,30H,9,12,15-16H2,1-5H3,(H,37,38). The average molecular weight is 544 g/mol. The zero-order valence-corrected chi connectivity index (χ0v) is 23.5. The molecule has 1 aliphatic rings. The van der Waals surface area contributed by atoms with Gasteiger partial charge in [-0.3, -0.25) is 4.79 Å². The molecule has 0 radical (unpaired) electrons. The van der Waals surface area contributed by atoms with Crippen LogP contribution in [0.4, 0.5) is 4.39 Å². The molecule has 1 N–H and O–H groups in total. The summed E-state index contributed by atoms with van der Waals surface area (Å²) in [5.41, 5.74) is 3.62. The van der Waals surface area contributed by atoms with E-state index < -0.39 is 23.5 Å². The summed E-state index contributed by atoms with van der Waals surface area (Å²) in [6.45, 7) is 7.63. The topological polar surface area (TPSA) is 77.8 Å². The minimum absolute atomic E-state index is 0.176. The summed E-state index contributed by atoms with van der Waals surface area (Å²) in [4.78, 5) is 26.5. The normalized spacial score (nSPS) is 14.1. The molecule has 1 unspecified atom stereocenters. The number of rotatable bonds is 6. The lowest BCUT2D eigenvalue weighted by molar-refractivity contribution is -0.161. The molecule has 1 aromatic heterocycles. The quantitative estimate of drug-likeness (QED) is 0.300. The Labute approximate surface area is 233 Å². The fraction of sp³-hybridized carbons (Fsp3) is 0.333. The Hall–Kier alpha value is -3.97. The predicted octanol–water partition coefficient (Wildman–Crippen LogP) is 6.51. The van der Waals surface area contributed by atoms with Crippen molar-refractivity contribution < 1.29 is 23.8 Å². The van der Waals surface area contributed by atoms with E-state index in [1.165, 1.54) is 10.6 Å². The predicted molar refractivity (Wildman–Crippen MR) is 154 cm³/mol. The SMILES string of the molecule is Cc1c(-c2c(C(OC(C)(C)C)C(=O)O)n(C)c(=O)c3cc(Cc4ccccc4)ccc23)cc(F)c2c1CCCO2. The number of pyridine rings is 1. The zero-order chi connectivity index (χ0) is 28.8. The first-order chi connectivity index (χ1) is 19.0. The highest BCUT2D eigenvalue weighted by atomic mass is 19.1. The lowest BCUT2D eigenvalue weighted by Crippen LogP contribution is -2.33. The van der Waals surface area contributed by atoms with Crippen molar-refractivity contribution in [3.05, 3.63) is 98.7 Å². The van der Waals surface area contributed by atoms with Gasteiger partial charge in [-0.25, -0.2) is 9.18 Å². The summed E-state index contributed by atoms with van der Waals surface area (Å²) < 4.78 is 28.6. The lowest BCUT2D eigenvalue weighted by Gasteiger charge is -2.29. The average Bonchev–Trinajstić information content (AvgIpc) is 2.92. The first kappa shape index (κ1) is 27.6. The van der Waals surface area contributed by atoms with Gasteiger partial charge in [0.2, 0.25) is 0 Å². The molecular formula is C33H34FNO5. The van der Waals surface area contributed by atoms with Gasteiger partial charge in [-0.15, -0.1) is 0 Å². The number of carboxylic acids is 1. The van der Waals surface area contributed by atoms with Crippen molar-refractivity contribution in [1.29, 1.82) is 0 Å². The Bertz CT molecular complexity index is 1670. The maximum Gasteiger partial charge on any atom is 0.339 e. The summed E-state index contributed by atoms with van der Waals surface area (Å²) in [6.07, 6.45) is 0.570. The molecule has 40 heavy (non-hydrogen) atoms. The number of halogens is 1. The summed E-state index contributed by atoms with van der Waals surface area (Å²) in [5, 5.41) is 11.3. The molecule has 2 heterocycles. The largest absolute Gasteiger partial charge is 0.490 e. The van der Waals surface area contributed by atoms with Gasteiger partial charge in [-0.2, -0.15) is 0 Å². The number of hydrogen-bond donors (Lipinski definition) is 1. The molecule has 3 aromatic carbocycles. The van der Waals surface area contributed by atoms with Crippen LogP contribution in [0, 0.1) is 12.7 Å². The number of hydrogen-bond acceptors (Lipinski definition) is 4. The Morgan fingerprint density at radius 1 is 1.10 bits per heavy atom. The van der Waals surface area contributed by atoms with E-state index in [1.807, 2.05) is 55.5 Å². The van der Waals surface area contributed by atoms with Crippen molar-refractivity contribution in [2.45, 2.75) is 58.7 Å². The number of aromatic nitrogens is 1. The molecule has 0 spiro atoms. The van der Waals surface area contributed by atoms with Crippen LogP contribution >= 0.6 is 0 Å². The van der Waals surface area contributed by atoms with E-state index in [0.29, 0.717) is 41.3 Å². The number of nitrogens with zero attached hydrogens (tertiary/aromatic N) is 1.